The summed E-state index contributed by atoms with van der Waals surface area (Å²) in [7, 11) is -3.44. The Hall–Kier alpha value is -2.20. The summed E-state index contributed by atoms with van der Waals surface area (Å²) in [4.78, 5) is 17.9. The van der Waals surface area contributed by atoms with Gasteiger partial charge in [0.25, 0.3) is 0 Å². The molecule has 170 valence electrons. The smallest absolute Gasteiger partial charge is 0.307 e. The van der Waals surface area contributed by atoms with Gasteiger partial charge in [-0.2, -0.15) is 4.31 Å². The Morgan fingerprint density at radius 3 is 2.62 bits per heavy atom. The van der Waals surface area contributed by atoms with Crippen LogP contribution in [0.1, 0.15) is 24.0 Å². The molecule has 0 unspecified atom stereocenters. The average Bonchev–Trinajstić information content (AvgIpc) is 3.14. The first-order chi connectivity index (χ1) is 15.2. The fourth-order valence-electron chi connectivity index (χ4n) is 4.08. The van der Waals surface area contributed by atoms with Crippen molar-refractivity contribution in [2.24, 2.45) is 0 Å². The number of sulfonamides is 1. The summed E-state index contributed by atoms with van der Waals surface area (Å²) in [6, 6.07) is 12.7. The van der Waals surface area contributed by atoms with Crippen molar-refractivity contribution in [2.45, 2.75) is 31.8 Å². The molecule has 0 atom stereocenters. The Kier molecular flexibility index (Phi) is 6.71. The fraction of sp³-hybridized carbons (Fsp3) is 0.364. The molecule has 1 aliphatic heterocycles. The number of aliphatic carboxylic acids is 1. The summed E-state index contributed by atoms with van der Waals surface area (Å²) in [6.07, 6.45) is 2.54. The molecule has 4 rings (SSSR count). The topological polar surface area (TPSA) is 90.8 Å². The number of carbonyl (C=O) groups is 1. The third-order valence-corrected chi connectivity index (χ3v) is 8.19. The number of fused-ring (bicyclic) bond motifs is 1. The molecule has 0 aliphatic carbocycles. The molecule has 0 saturated carbocycles. The number of thiazole rings is 1. The maximum atomic E-state index is 12.6. The zero-order chi connectivity index (χ0) is 22.9. The number of halogens is 1. The van der Waals surface area contributed by atoms with E-state index in [4.69, 9.17) is 21.7 Å². The molecule has 1 saturated heterocycles. The number of nitrogens with zero attached hydrogens (tertiary/aromatic N) is 3. The highest BCUT2D eigenvalue weighted by Crippen LogP contribution is 2.33. The number of anilines is 1. The number of carboxylic acid groups (broad SMARTS) is 1. The quantitative estimate of drug-likeness (QED) is 0.534. The molecule has 0 radical (unpaired) electrons. The van der Waals surface area contributed by atoms with Crippen molar-refractivity contribution in [2.75, 3.05) is 24.2 Å². The van der Waals surface area contributed by atoms with Gasteiger partial charge in [0.15, 0.2) is 5.13 Å². The van der Waals surface area contributed by atoms with Crippen LogP contribution in [-0.2, 0) is 27.8 Å². The van der Waals surface area contributed by atoms with Crippen LogP contribution in [0.25, 0.3) is 10.2 Å². The molecule has 1 N–H and O–H groups in total. The molecule has 0 bridgehead atoms. The second kappa shape index (κ2) is 9.35. The van der Waals surface area contributed by atoms with Gasteiger partial charge in [0.1, 0.15) is 0 Å². The number of aromatic nitrogens is 1. The highest BCUT2D eigenvalue weighted by molar-refractivity contribution is 7.88. The summed E-state index contributed by atoms with van der Waals surface area (Å²) in [5, 5.41) is 10.6. The van der Waals surface area contributed by atoms with E-state index in [0.29, 0.717) is 36.5 Å². The first-order valence-corrected chi connectivity index (χ1v) is 13.3. The van der Waals surface area contributed by atoms with Gasteiger partial charge in [-0.15, -0.1) is 0 Å². The van der Waals surface area contributed by atoms with E-state index in [1.54, 1.807) is 33.8 Å². The molecule has 0 amide bonds. The largest absolute Gasteiger partial charge is 0.481 e. The molecule has 0 spiro atoms. The van der Waals surface area contributed by atoms with Crippen LogP contribution < -0.4 is 4.90 Å². The summed E-state index contributed by atoms with van der Waals surface area (Å²) < 4.78 is 27.8. The van der Waals surface area contributed by atoms with Crippen molar-refractivity contribution >= 4 is 54.3 Å². The minimum Gasteiger partial charge on any atom is -0.481 e. The van der Waals surface area contributed by atoms with E-state index < -0.39 is 16.0 Å². The Morgan fingerprint density at radius 1 is 1.22 bits per heavy atom. The van der Waals surface area contributed by atoms with E-state index in [2.05, 4.69) is 4.90 Å². The van der Waals surface area contributed by atoms with Crippen LogP contribution in [0.2, 0.25) is 5.02 Å². The Morgan fingerprint density at radius 2 is 1.94 bits per heavy atom. The van der Waals surface area contributed by atoms with Crippen LogP contribution in [0.5, 0.6) is 0 Å². The van der Waals surface area contributed by atoms with Gasteiger partial charge in [0.2, 0.25) is 10.0 Å². The van der Waals surface area contributed by atoms with Crippen molar-refractivity contribution in [3.8, 4) is 0 Å². The first-order valence-electron chi connectivity index (χ1n) is 10.3. The summed E-state index contributed by atoms with van der Waals surface area (Å²) in [5.41, 5.74) is 2.37. The van der Waals surface area contributed by atoms with Crippen molar-refractivity contribution < 1.29 is 18.3 Å². The van der Waals surface area contributed by atoms with Crippen molar-refractivity contribution in [3.63, 3.8) is 0 Å². The zero-order valence-electron chi connectivity index (χ0n) is 17.6. The molecular weight excluding hydrogens is 470 g/mol. The second-order valence-corrected chi connectivity index (χ2v) is 11.4. The van der Waals surface area contributed by atoms with Crippen LogP contribution >= 0.6 is 22.9 Å². The second-order valence-electron chi connectivity index (χ2n) is 8.03. The minimum atomic E-state index is -3.44. The van der Waals surface area contributed by atoms with Crippen LogP contribution in [0.4, 0.5) is 5.13 Å². The molecule has 2 heterocycles. The Bertz CT molecular complexity index is 1240. The number of piperidine rings is 1. The van der Waals surface area contributed by atoms with Crippen molar-refractivity contribution in [3.05, 3.63) is 58.6 Å². The van der Waals surface area contributed by atoms with E-state index in [9.17, 15) is 13.2 Å². The molecule has 10 heteroatoms. The molecule has 32 heavy (non-hydrogen) atoms. The first kappa shape index (κ1) is 23.0. The summed E-state index contributed by atoms with van der Waals surface area (Å²) >= 11 is 7.68. The van der Waals surface area contributed by atoms with E-state index in [0.717, 1.165) is 20.9 Å². The predicted octanol–water partition coefficient (Wildman–Crippen LogP) is 4.01. The highest BCUT2D eigenvalue weighted by atomic mass is 35.5. The molecule has 3 aromatic rings. The van der Waals surface area contributed by atoms with Gasteiger partial charge in [0.05, 0.1) is 22.9 Å². The van der Waals surface area contributed by atoms with Crippen LogP contribution in [0, 0.1) is 0 Å². The maximum Gasteiger partial charge on any atom is 0.307 e. The van der Waals surface area contributed by atoms with Gasteiger partial charge >= 0.3 is 5.97 Å². The number of hydrogen-bond donors (Lipinski definition) is 1. The lowest BCUT2D eigenvalue weighted by Crippen LogP contribution is -2.46. The Labute approximate surface area is 196 Å². The lowest BCUT2D eigenvalue weighted by atomic mass is 10.0. The number of rotatable bonds is 7. The summed E-state index contributed by atoms with van der Waals surface area (Å²) in [5.74, 6) is -0.911. The van der Waals surface area contributed by atoms with E-state index in [1.807, 2.05) is 24.3 Å². The van der Waals surface area contributed by atoms with Gasteiger partial charge in [-0.25, -0.2) is 13.4 Å². The Balaban J connectivity index is 1.47. The highest BCUT2D eigenvalue weighted by Gasteiger charge is 2.31. The van der Waals surface area contributed by atoms with Crippen molar-refractivity contribution in [1.82, 2.24) is 9.29 Å². The maximum absolute atomic E-state index is 12.6. The molecular formula is C22H24ClN3O4S2. The van der Waals surface area contributed by atoms with Gasteiger partial charge in [-0.05, 0) is 42.2 Å². The van der Waals surface area contributed by atoms with E-state index >= 15 is 0 Å². The number of carboxylic acids is 1. The lowest BCUT2D eigenvalue weighted by Gasteiger charge is -2.37. The van der Waals surface area contributed by atoms with Gasteiger partial charge in [-0.3, -0.25) is 4.79 Å². The van der Waals surface area contributed by atoms with Crippen LogP contribution in [0.15, 0.2) is 42.5 Å². The fourth-order valence-corrected chi connectivity index (χ4v) is 6.51. The molecule has 1 aliphatic rings. The summed E-state index contributed by atoms with van der Waals surface area (Å²) in [6.45, 7) is 1.66. The SMILES string of the molecule is CS(=O)(=O)N(Cc1cccc(CC(=O)O)c1)C1CCN(c2nc3ccc(Cl)cc3s2)CC1. The number of benzene rings is 2. The van der Waals surface area contributed by atoms with E-state index in [1.165, 1.54) is 6.26 Å². The number of hydrogen-bond acceptors (Lipinski definition) is 6. The normalized spacial score (nSPS) is 15.5. The predicted molar refractivity (Wildman–Crippen MR) is 128 cm³/mol. The third-order valence-electron chi connectivity index (χ3n) is 5.59. The monoisotopic (exact) mass is 493 g/mol. The van der Waals surface area contributed by atoms with E-state index in [-0.39, 0.29) is 19.0 Å². The van der Waals surface area contributed by atoms with Crippen LogP contribution in [0.3, 0.4) is 0 Å². The standard InChI is InChI=1S/C22H24ClN3O4S2/c1-32(29,30)26(14-16-4-2-3-15(11-16)12-21(27)28)18-7-9-25(10-8-18)22-24-19-6-5-17(23)13-20(19)31-22/h2-6,11,13,18H,7-10,12,14H2,1H3,(H,27,28). The molecule has 7 nitrogen and oxygen atoms in total. The van der Waals surface area contributed by atoms with Gasteiger partial charge in [-0.1, -0.05) is 47.2 Å². The molecule has 1 fully saturated rings. The lowest BCUT2D eigenvalue weighted by molar-refractivity contribution is -0.136. The van der Waals surface area contributed by atoms with Crippen molar-refractivity contribution in [1.29, 1.82) is 0 Å². The van der Waals surface area contributed by atoms with Crippen LogP contribution in [-0.4, -0.2) is 54.2 Å². The van der Waals surface area contributed by atoms with Gasteiger partial charge in [0, 0.05) is 30.7 Å². The van der Waals surface area contributed by atoms with Gasteiger partial charge < -0.3 is 10.0 Å². The molecule has 1 aromatic heterocycles. The minimum absolute atomic E-state index is 0.0848. The zero-order valence-corrected chi connectivity index (χ0v) is 20.0. The molecule has 2 aromatic carbocycles. The third kappa shape index (κ3) is 5.40. The average molecular weight is 494 g/mol.